The van der Waals surface area contributed by atoms with Crippen LogP contribution >= 0.6 is 0 Å². The van der Waals surface area contributed by atoms with Crippen LogP contribution in [0.5, 0.6) is 0 Å². The van der Waals surface area contributed by atoms with E-state index in [1.807, 2.05) is 19.1 Å². The van der Waals surface area contributed by atoms with Gasteiger partial charge in [-0.25, -0.2) is 4.98 Å². The molecule has 2 aromatic heterocycles. The molecule has 2 atom stereocenters. The maximum atomic E-state index is 6.04. The molecular formula is C16H24N4O. The summed E-state index contributed by atoms with van der Waals surface area (Å²) >= 11 is 0. The first-order chi connectivity index (χ1) is 10.2. The molecule has 1 fully saturated rings. The van der Waals surface area contributed by atoms with Crippen LogP contribution in [0.2, 0.25) is 0 Å². The summed E-state index contributed by atoms with van der Waals surface area (Å²) in [4.78, 5) is 7.22. The van der Waals surface area contributed by atoms with E-state index in [1.54, 1.807) is 7.11 Å². The Morgan fingerprint density at radius 1 is 1.48 bits per heavy atom. The summed E-state index contributed by atoms with van der Waals surface area (Å²) in [5, 5.41) is 0. The summed E-state index contributed by atoms with van der Waals surface area (Å²) in [7, 11) is 1.77. The SMILES string of the molecule is COCC1CCN(c2nc3ccccn3c2CC(C)N)C1. The Balaban J connectivity index is 1.94. The lowest BCUT2D eigenvalue weighted by Gasteiger charge is -2.18. The Morgan fingerprint density at radius 3 is 3.10 bits per heavy atom. The molecule has 114 valence electrons. The van der Waals surface area contributed by atoms with Gasteiger partial charge in [-0.05, 0) is 25.5 Å². The van der Waals surface area contributed by atoms with Crippen molar-refractivity contribution in [2.24, 2.45) is 11.7 Å². The van der Waals surface area contributed by atoms with Crippen molar-refractivity contribution in [1.29, 1.82) is 0 Å². The standard InChI is InChI=1S/C16H24N4O/c1-12(17)9-14-16(18-15-5-3-4-7-20(14)15)19-8-6-13(10-19)11-21-2/h3-5,7,12-13H,6,8-11,17H2,1-2H3. The lowest BCUT2D eigenvalue weighted by atomic mass is 10.1. The summed E-state index contributed by atoms with van der Waals surface area (Å²) in [6.45, 7) is 4.93. The van der Waals surface area contributed by atoms with Crippen molar-refractivity contribution in [3.63, 3.8) is 0 Å². The molecule has 2 unspecified atom stereocenters. The number of nitrogens with two attached hydrogens (primary N) is 1. The first-order valence-electron chi connectivity index (χ1n) is 7.64. The van der Waals surface area contributed by atoms with Gasteiger partial charge in [-0.2, -0.15) is 0 Å². The van der Waals surface area contributed by atoms with Gasteiger partial charge in [0.1, 0.15) is 5.65 Å². The summed E-state index contributed by atoms with van der Waals surface area (Å²) in [5.41, 5.74) is 8.26. The van der Waals surface area contributed by atoms with Crippen LogP contribution in [-0.4, -0.2) is 42.2 Å². The Kier molecular flexibility index (Phi) is 4.12. The van der Waals surface area contributed by atoms with Gasteiger partial charge in [0.25, 0.3) is 0 Å². The first-order valence-corrected chi connectivity index (χ1v) is 7.64. The molecule has 1 aliphatic heterocycles. The second-order valence-electron chi connectivity index (χ2n) is 6.05. The molecule has 0 saturated carbocycles. The molecule has 0 amide bonds. The Morgan fingerprint density at radius 2 is 2.33 bits per heavy atom. The van der Waals surface area contributed by atoms with E-state index < -0.39 is 0 Å². The zero-order chi connectivity index (χ0) is 14.8. The van der Waals surface area contributed by atoms with Crippen molar-refractivity contribution in [3.8, 4) is 0 Å². The van der Waals surface area contributed by atoms with Gasteiger partial charge in [-0.3, -0.25) is 0 Å². The number of hydrogen-bond acceptors (Lipinski definition) is 4. The average Bonchev–Trinajstić information content (AvgIpc) is 3.04. The molecule has 21 heavy (non-hydrogen) atoms. The minimum atomic E-state index is 0.126. The molecule has 3 heterocycles. The number of ether oxygens (including phenoxy) is 1. The van der Waals surface area contributed by atoms with Gasteiger partial charge in [-0.15, -0.1) is 0 Å². The van der Waals surface area contributed by atoms with Crippen molar-refractivity contribution in [1.82, 2.24) is 9.38 Å². The molecule has 2 aromatic rings. The van der Waals surface area contributed by atoms with Crippen LogP contribution in [0.25, 0.3) is 5.65 Å². The number of aromatic nitrogens is 2. The van der Waals surface area contributed by atoms with Crippen LogP contribution in [0.4, 0.5) is 5.82 Å². The zero-order valence-corrected chi connectivity index (χ0v) is 12.8. The molecule has 0 radical (unpaired) electrons. The maximum absolute atomic E-state index is 6.04. The van der Waals surface area contributed by atoms with Crippen LogP contribution < -0.4 is 10.6 Å². The van der Waals surface area contributed by atoms with Gasteiger partial charge in [0, 0.05) is 44.8 Å². The smallest absolute Gasteiger partial charge is 0.151 e. The number of hydrogen-bond donors (Lipinski definition) is 1. The molecule has 0 bridgehead atoms. The van der Waals surface area contributed by atoms with Crippen LogP contribution in [0.1, 0.15) is 19.0 Å². The van der Waals surface area contributed by atoms with Crippen molar-refractivity contribution in [3.05, 3.63) is 30.1 Å². The van der Waals surface area contributed by atoms with Gasteiger partial charge in [0.2, 0.25) is 0 Å². The van der Waals surface area contributed by atoms with Crippen molar-refractivity contribution >= 4 is 11.5 Å². The topological polar surface area (TPSA) is 55.8 Å². The summed E-state index contributed by atoms with van der Waals surface area (Å²) in [5.74, 6) is 1.69. The third kappa shape index (κ3) is 2.89. The van der Waals surface area contributed by atoms with E-state index in [4.69, 9.17) is 15.5 Å². The van der Waals surface area contributed by atoms with Crippen molar-refractivity contribution in [2.45, 2.75) is 25.8 Å². The summed E-state index contributed by atoms with van der Waals surface area (Å²) in [6.07, 6.45) is 4.08. The predicted octanol–water partition coefficient (Wildman–Crippen LogP) is 1.70. The minimum absolute atomic E-state index is 0.126. The van der Waals surface area contributed by atoms with Gasteiger partial charge in [-0.1, -0.05) is 6.07 Å². The number of pyridine rings is 1. The molecule has 5 heteroatoms. The summed E-state index contributed by atoms with van der Waals surface area (Å²) < 4.78 is 7.46. The number of fused-ring (bicyclic) bond motifs is 1. The minimum Gasteiger partial charge on any atom is -0.384 e. The maximum Gasteiger partial charge on any atom is 0.151 e. The van der Waals surface area contributed by atoms with Crippen molar-refractivity contribution < 1.29 is 4.74 Å². The highest BCUT2D eigenvalue weighted by Crippen LogP contribution is 2.28. The van der Waals surface area contributed by atoms with E-state index in [-0.39, 0.29) is 6.04 Å². The van der Waals surface area contributed by atoms with Crippen molar-refractivity contribution in [2.75, 3.05) is 31.7 Å². The highest BCUT2D eigenvalue weighted by atomic mass is 16.5. The third-order valence-corrected chi connectivity index (χ3v) is 4.11. The number of nitrogens with zero attached hydrogens (tertiary/aromatic N) is 3. The van der Waals surface area contributed by atoms with E-state index in [2.05, 4.69) is 21.6 Å². The van der Waals surface area contributed by atoms with E-state index >= 15 is 0 Å². The molecule has 1 aliphatic rings. The van der Waals surface area contributed by atoms with E-state index in [1.165, 1.54) is 12.1 Å². The lowest BCUT2D eigenvalue weighted by Crippen LogP contribution is -2.25. The molecule has 5 nitrogen and oxygen atoms in total. The molecule has 1 saturated heterocycles. The van der Waals surface area contributed by atoms with Crippen LogP contribution in [0.3, 0.4) is 0 Å². The molecule has 3 rings (SSSR count). The number of rotatable bonds is 5. The number of imidazole rings is 1. The fraction of sp³-hybridized carbons (Fsp3) is 0.562. The van der Waals surface area contributed by atoms with Crippen LogP contribution in [-0.2, 0) is 11.2 Å². The quantitative estimate of drug-likeness (QED) is 0.910. The third-order valence-electron chi connectivity index (χ3n) is 4.11. The number of methoxy groups -OCH3 is 1. The highest BCUT2D eigenvalue weighted by Gasteiger charge is 2.27. The Labute approximate surface area is 125 Å². The predicted molar refractivity (Wildman–Crippen MR) is 84.7 cm³/mol. The Bertz CT molecular complexity index is 607. The van der Waals surface area contributed by atoms with Gasteiger partial charge < -0.3 is 19.8 Å². The fourth-order valence-electron chi connectivity index (χ4n) is 3.18. The van der Waals surface area contributed by atoms with E-state index in [0.717, 1.165) is 37.6 Å². The number of anilines is 1. The molecule has 0 aliphatic carbocycles. The normalized spacial score (nSPS) is 20.3. The van der Waals surface area contributed by atoms with Gasteiger partial charge in [0.05, 0.1) is 12.3 Å². The molecular weight excluding hydrogens is 264 g/mol. The monoisotopic (exact) mass is 288 g/mol. The highest BCUT2D eigenvalue weighted by molar-refractivity contribution is 5.56. The van der Waals surface area contributed by atoms with E-state index in [9.17, 15) is 0 Å². The fourth-order valence-corrected chi connectivity index (χ4v) is 3.18. The van der Waals surface area contributed by atoms with Crippen LogP contribution in [0, 0.1) is 5.92 Å². The van der Waals surface area contributed by atoms with Crippen LogP contribution in [0.15, 0.2) is 24.4 Å². The second kappa shape index (κ2) is 6.03. The molecule has 0 aromatic carbocycles. The first kappa shape index (κ1) is 14.4. The zero-order valence-electron chi connectivity index (χ0n) is 12.8. The second-order valence-corrected chi connectivity index (χ2v) is 6.05. The van der Waals surface area contributed by atoms with E-state index in [0.29, 0.717) is 5.92 Å². The summed E-state index contributed by atoms with van der Waals surface area (Å²) in [6, 6.07) is 6.25. The largest absolute Gasteiger partial charge is 0.384 e. The van der Waals surface area contributed by atoms with Gasteiger partial charge in [0.15, 0.2) is 5.82 Å². The molecule has 0 spiro atoms. The average molecular weight is 288 g/mol. The Hall–Kier alpha value is -1.59. The lowest BCUT2D eigenvalue weighted by molar-refractivity contribution is 0.161. The van der Waals surface area contributed by atoms with Gasteiger partial charge >= 0.3 is 0 Å². The molecule has 2 N–H and O–H groups in total.